The second-order valence-corrected chi connectivity index (χ2v) is 5.24. The van der Waals surface area contributed by atoms with Crippen molar-refractivity contribution >= 4 is 17.7 Å². The number of fused-ring (bicyclic) bond motifs is 1. The fraction of sp³-hybridized carbons (Fsp3) is 0.429. The molecule has 0 spiro atoms. The Morgan fingerprint density at radius 3 is 2.86 bits per heavy atom. The molecule has 0 aliphatic carbocycles. The van der Waals surface area contributed by atoms with E-state index in [2.05, 4.69) is 5.32 Å². The lowest BCUT2D eigenvalue weighted by molar-refractivity contribution is -0.142. The van der Waals surface area contributed by atoms with E-state index in [0.717, 1.165) is 0 Å². The number of carbonyl (C=O) groups excluding carboxylic acids is 1. The van der Waals surface area contributed by atoms with Crippen LogP contribution in [0.5, 0.6) is 11.5 Å². The zero-order chi connectivity index (χ0) is 15.0. The quantitative estimate of drug-likeness (QED) is 0.867. The Morgan fingerprint density at radius 2 is 2.10 bits per heavy atom. The van der Waals surface area contributed by atoms with Gasteiger partial charge in [-0.2, -0.15) is 0 Å². The molecule has 21 heavy (non-hydrogen) atoms. The third kappa shape index (κ3) is 2.46. The molecule has 0 bridgehead atoms. The summed E-state index contributed by atoms with van der Waals surface area (Å²) >= 11 is 0. The number of hydrogen-bond acceptors (Lipinski definition) is 4. The highest BCUT2D eigenvalue weighted by molar-refractivity contribution is 5.93. The van der Waals surface area contributed by atoms with Crippen LogP contribution in [0.1, 0.15) is 13.3 Å². The van der Waals surface area contributed by atoms with Crippen LogP contribution in [0.3, 0.4) is 0 Å². The molecular formula is C14H16N2O5. The van der Waals surface area contributed by atoms with E-state index in [1.54, 1.807) is 18.2 Å². The van der Waals surface area contributed by atoms with E-state index in [1.807, 2.05) is 6.92 Å². The summed E-state index contributed by atoms with van der Waals surface area (Å²) in [4.78, 5) is 24.9. The zero-order valence-corrected chi connectivity index (χ0v) is 11.5. The lowest BCUT2D eigenvalue weighted by Crippen LogP contribution is -2.44. The first-order valence-corrected chi connectivity index (χ1v) is 6.76. The van der Waals surface area contributed by atoms with Crippen molar-refractivity contribution in [3.63, 3.8) is 0 Å². The molecule has 2 aliphatic rings. The number of nitrogens with zero attached hydrogens (tertiary/aromatic N) is 1. The molecule has 7 heteroatoms. The lowest BCUT2D eigenvalue weighted by Gasteiger charge is -2.23. The number of rotatable bonds is 2. The van der Waals surface area contributed by atoms with Crippen molar-refractivity contribution in [2.75, 3.05) is 18.7 Å². The Bertz CT molecular complexity index is 589. The fourth-order valence-electron chi connectivity index (χ4n) is 2.72. The van der Waals surface area contributed by atoms with Gasteiger partial charge in [0.05, 0.1) is 0 Å². The largest absolute Gasteiger partial charge is 0.480 e. The van der Waals surface area contributed by atoms with Crippen LogP contribution in [-0.4, -0.2) is 41.4 Å². The first kappa shape index (κ1) is 13.5. The van der Waals surface area contributed by atoms with Gasteiger partial charge in [0.2, 0.25) is 6.79 Å². The summed E-state index contributed by atoms with van der Waals surface area (Å²) in [6.07, 6.45) is 0.686. The molecule has 1 aromatic rings. The van der Waals surface area contributed by atoms with Crippen LogP contribution in [0.4, 0.5) is 10.5 Å². The molecule has 1 fully saturated rings. The number of benzene rings is 1. The second kappa shape index (κ2) is 5.16. The van der Waals surface area contributed by atoms with Gasteiger partial charge in [0.25, 0.3) is 0 Å². The van der Waals surface area contributed by atoms with Gasteiger partial charge < -0.3 is 24.8 Å². The molecule has 0 saturated carbocycles. The van der Waals surface area contributed by atoms with Crippen LogP contribution in [-0.2, 0) is 4.79 Å². The predicted molar refractivity (Wildman–Crippen MR) is 73.5 cm³/mol. The number of carboxylic acids is 1. The number of hydrogen-bond donors (Lipinski definition) is 2. The summed E-state index contributed by atoms with van der Waals surface area (Å²) in [5.41, 5.74) is 0.549. The number of carbonyl (C=O) groups is 2. The highest BCUT2D eigenvalue weighted by atomic mass is 16.7. The van der Waals surface area contributed by atoms with Crippen LogP contribution in [0.15, 0.2) is 18.2 Å². The summed E-state index contributed by atoms with van der Waals surface area (Å²) < 4.78 is 10.4. The molecule has 2 heterocycles. The van der Waals surface area contributed by atoms with E-state index < -0.39 is 18.0 Å². The zero-order valence-electron chi connectivity index (χ0n) is 11.5. The number of anilines is 1. The van der Waals surface area contributed by atoms with Crippen LogP contribution < -0.4 is 14.8 Å². The Kier molecular flexibility index (Phi) is 3.32. The molecule has 0 aromatic heterocycles. The van der Waals surface area contributed by atoms with Crippen molar-refractivity contribution in [3.8, 4) is 11.5 Å². The van der Waals surface area contributed by atoms with Gasteiger partial charge in [0, 0.05) is 18.3 Å². The van der Waals surface area contributed by atoms with Gasteiger partial charge in [0.1, 0.15) is 6.04 Å². The maximum atomic E-state index is 12.3. The average molecular weight is 292 g/mol. The van der Waals surface area contributed by atoms with Crippen molar-refractivity contribution in [2.45, 2.75) is 19.4 Å². The molecule has 112 valence electrons. The van der Waals surface area contributed by atoms with Crippen molar-refractivity contribution in [3.05, 3.63) is 18.2 Å². The number of aliphatic carboxylic acids is 1. The number of carboxylic acid groups (broad SMARTS) is 1. The van der Waals surface area contributed by atoms with Crippen molar-refractivity contribution in [1.29, 1.82) is 0 Å². The van der Waals surface area contributed by atoms with E-state index in [1.165, 1.54) is 4.90 Å². The van der Waals surface area contributed by atoms with Crippen LogP contribution >= 0.6 is 0 Å². The SMILES string of the molecule is CC1CCN(C(=O)Nc2ccc3c(c2)OCO3)C1C(=O)O. The molecule has 1 aromatic carbocycles. The minimum absolute atomic E-state index is 0.0509. The topological polar surface area (TPSA) is 88.1 Å². The molecule has 2 N–H and O–H groups in total. The van der Waals surface area contributed by atoms with Crippen molar-refractivity contribution in [2.24, 2.45) is 5.92 Å². The first-order chi connectivity index (χ1) is 10.1. The Balaban J connectivity index is 1.73. The van der Waals surface area contributed by atoms with Crippen molar-refractivity contribution in [1.82, 2.24) is 4.90 Å². The number of nitrogens with one attached hydrogen (secondary N) is 1. The minimum Gasteiger partial charge on any atom is -0.480 e. The van der Waals surface area contributed by atoms with E-state index in [0.29, 0.717) is 30.2 Å². The Morgan fingerprint density at radius 1 is 1.33 bits per heavy atom. The van der Waals surface area contributed by atoms with Gasteiger partial charge in [-0.15, -0.1) is 0 Å². The third-order valence-electron chi connectivity index (χ3n) is 3.84. The van der Waals surface area contributed by atoms with Gasteiger partial charge in [-0.25, -0.2) is 9.59 Å². The highest BCUT2D eigenvalue weighted by Gasteiger charge is 2.39. The van der Waals surface area contributed by atoms with Gasteiger partial charge >= 0.3 is 12.0 Å². The van der Waals surface area contributed by atoms with Crippen molar-refractivity contribution < 1.29 is 24.2 Å². The first-order valence-electron chi connectivity index (χ1n) is 6.76. The van der Waals surface area contributed by atoms with E-state index in [4.69, 9.17) is 9.47 Å². The summed E-state index contributed by atoms with van der Waals surface area (Å²) in [5, 5.41) is 11.9. The van der Waals surface area contributed by atoms with E-state index in [9.17, 15) is 14.7 Å². The summed E-state index contributed by atoms with van der Waals surface area (Å²) in [6, 6.07) is 3.87. The summed E-state index contributed by atoms with van der Waals surface area (Å²) in [7, 11) is 0. The molecular weight excluding hydrogens is 276 g/mol. The van der Waals surface area contributed by atoms with E-state index in [-0.39, 0.29) is 12.7 Å². The number of urea groups is 1. The van der Waals surface area contributed by atoms with Crippen LogP contribution in [0.25, 0.3) is 0 Å². The highest BCUT2D eigenvalue weighted by Crippen LogP contribution is 2.34. The third-order valence-corrected chi connectivity index (χ3v) is 3.84. The molecule has 3 rings (SSSR count). The predicted octanol–water partition coefficient (Wildman–Crippen LogP) is 1.74. The van der Waals surface area contributed by atoms with Crippen LogP contribution in [0.2, 0.25) is 0 Å². The fourth-order valence-corrected chi connectivity index (χ4v) is 2.72. The Labute approximate surface area is 121 Å². The van der Waals surface area contributed by atoms with Gasteiger partial charge in [-0.05, 0) is 24.5 Å². The summed E-state index contributed by atoms with van der Waals surface area (Å²) in [6.45, 7) is 2.44. The minimum atomic E-state index is -0.971. The van der Waals surface area contributed by atoms with Gasteiger partial charge in [-0.1, -0.05) is 6.92 Å². The smallest absolute Gasteiger partial charge is 0.326 e. The Hall–Kier alpha value is -2.44. The van der Waals surface area contributed by atoms with E-state index >= 15 is 0 Å². The van der Waals surface area contributed by atoms with Gasteiger partial charge in [0.15, 0.2) is 11.5 Å². The average Bonchev–Trinajstić information content (AvgIpc) is 3.04. The molecule has 2 amide bonds. The summed E-state index contributed by atoms with van der Waals surface area (Å²) in [5.74, 6) is 0.175. The number of ether oxygens (including phenoxy) is 2. The monoisotopic (exact) mass is 292 g/mol. The molecule has 1 saturated heterocycles. The van der Waals surface area contributed by atoms with Crippen LogP contribution in [0, 0.1) is 5.92 Å². The number of likely N-dealkylation sites (tertiary alicyclic amines) is 1. The molecule has 7 nitrogen and oxygen atoms in total. The standard InChI is InChI=1S/C14H16N2O5/c1-8-4-5-16(12(8)13(17)18)14(19)15-9-2-3-10-11(6-9)21-7-20-10/h2-3,6,8,12H,4-5,7H2,1H3,(H,15,19)(H,17,18). The maximum Gasteiger partial charge on any atom is 0.326 e. The molecule has 0 radical (unpaired) electrons. The maximum absolute atomic E-state index is 12.3. The molecule has 2 atom stereocenters. The normalized spacial score (nSPS) is 23.2. The second-order valence-electron chi connectivity index (χ2n) is 5.24. The van der Waals surface area contributed by atoms with Gasteiger partial charge in [-0.3, -0.25) is 0 Å². The number of amides is 2. The lowest BCUT2D eigenvalue weighted by atomic mass is 10.0. The molecule has 2 unspecified atom stereocenters. The molecule has 2 aliphatic heterocycles.